The highest BCUT2D eigenvalue weighted by Crippen LogP contribution is 2.31. The number of urea groups is 1. The van der Waals surface area contributed by atoms with E-state index in [0.29, 0.717) is 30.6 Å². The Hall–Kier alpha value is -3.65. The molecule has 6 nitrogen and oxygen atoms in total. The third-order valence-electron chi connectivity index (χ3n) is 5.94. The van der Waals surface area contributed by atoms with Crippen LogP contribution in [0.3, 0.4) is 0 Å². The zero-order chi connectivity index (χ0) is 24.8. The van der Waals surface area contributed by atoms with Crippen molar-refractivity contribution in [3.63, 3.8) is 0 Å². The van der Waals surface area contributed by atoms with Crippen LogP contribution >= 0.6 is 0 Å². The number of nitrogens with one attached hydrogen (secondary N) is 2. The molecule has 0 bridgehead atoms. The van der Waals surface area contributed by atoms with Crippen LogP contribution in [0.15, 0.2) is 83.8 Å². The van der Waals surface area contributed by atoms with Gasteiger partial charge in [-0.1, -0.05) is 60.7 Å². The summed E-state index contributed by atoms with van der Waals surface area (Å²) in [6.45, 7) is 2.65. The van der Waals surface area contributed by atoms with Crippen LogP contribution in [0.1, 0.15) is 16.8 Å². The smallest absolute Gasteiger partial charge is 0.314 e. The van der Waals surface area contributed by atoms with E-state index in [-0.39, 0.29) is 23.0 Å². The van der Waals surface area contributed by atoms with Gasteiger partial charge in [0.1, 0.15) is 5.82 Å². The molecule has 4 aromatic rings. The number of carbonyl (C=O) groups is 1. The Bertz CT molecular complexity index is 1420. The summed E-state index contributed by atoms with van der Waals surface area (Å²) in [5, 5.41) is 6.04. The molecule has 2 N–H and O–H groups in total. The van der Waals surface area contributed by atoms with Crippen molar-refractivity contribution >= 4 is 26.8 Å². The van der Waals surface area contributed by atoms with Crippen molar-refractivity contribution in [3.8, 4) is 0 Å². The average Bonchev–Trinajstić information content (AvgIpc) is 3.13. The normalized spacial score (nSPS) is 11.5. The van der Waals surface area contributed by atoms with E-state index in [4.69, 9.17) is 0 Å². The summed E-state index contributed by atoms with van der Waals surface area (Å²) in [5.74, 6) is -0.535. The van der Waals surface area contributed by atoms with Gasteiger partial charge in [-0.15, -0.1) is 0 Å². The average molecular weight is 494 g/mol. The second-order valence-electron chi connectivity index (χ2n) is 8.38. The Morgan fingerprint density at radius 3 is 2.26 bits per heavy atom. The zero-order valence-corrected chi connectivity index (χ0v) is 20.3. The lowest BCUT2D eigenvalue weighted by atomic mass is 10.1. The van der Waals surface area contributed by atoms with Crippen LogP contribution in [0.5, 0.6) is 0 Å². The summed E-state index contributed by atoms with van der Waals surface area (Å²) in [5.41, 5.74) is 3.39. The van der Waals surface area contributed by atoms with E-state index < -0.39 is 15.9 Å². The summed E-state index contributed by atoms with van der Waals surface area (Å²) in [7, 11) is -3.68. The van der Waals surface area contributed by atoms with Gasteiger partial charge in [0.25, 0.3) is 0 Å². The molecule has 0 unspecified atom stereocenters. The van der Waals surface area contributed by atoms with E-state index >= 15 is 0 Å². The summed E-state index contributed by atoms with van der Waals surface area (Å²) in [6, 6.07) is 22.9. The van der Waals surface area contributed by atoms with Gasteiger partial charge < -0.3 is 15.2 Å². The van der Waals surface area contributed by atoms with Crippen molar-refractivity contribution in [3.05, 3.63) is 102 Å². The van der Waals surface area contributed by atoms with Crippen molar-refractivity contribution in [1.29, 1.82) is 0 Å². The second-order valence-corrected chi connectivity index (χ2v) is 10.4. The van der Waals surface area contributed by atoms with Gasteiger partial charge in [0.2, 0.25) is 0 Å². The number of nitrogens with zero attached hydrogens (tertiary/aromatic N) is 1. The van der Waals surface area contributed by atoms with Crippen LogP contribution in [-0.2, 0) is 22.8 Å². The third kappa shape index (κ3) is 5.89. The quantitative estimate of drug-likeness (QED) is 0.362. The minimum absolute atomic E-state index is 0.00356. The summed E-state index contributed by atoms with van der Waals surface area (Å²) in [6.07, 6.45) is 0.694. The van der Waals surface area contributed by atoms with Crippen LogP contribution in [0, 0.1) is 12.7 Å². The zero-order valence-electron chi connectivity index (χ0n) is 19.5. The van der Waals surface area contributed by atoms with Crippen LogP contribution in [0.4, 0.5) is 9.18 Å². The first-order chi connectivity index (χ1) is 16.8. The highest BCUT2D eigenvalue weighted by atomic mass is 32.2. The van der Waals surface area contributed by atoms with Crippen molar-refractivity contribution in [2.45, 2.75) is 24.8 Å². The highest BCUT2D eigenvalue weighted by Gasteiger charge is 2.25. The number of sulfone groups is 1. The van der Waals surface area contributed by atoms with E-state index in [1.165, 1.54) is 12.1 Å². The molecule has 0 fully saturated rings. The molecule has 1 aromatic heterocycles. The monoisotopic (exact) mass is 493 g/mol. The molecule has 0 aliphatic carbocycles. The third-order valence-corrected chi connectivity index (χ3v) is 7.82. The number of fused-ring (bicyclic) bond motifs is 1. The molecule has 35 heavy (non-hydrogen) atoms. The standard InChI is InChI=1S/C27H28FN3O3S/c1-20-26(24-9-5-6-10-25(24)31(20)19-22-11-13-23(28)14-12-22)35(33,34)18-17-30-27(32)29-16-15-21-7-3-2-4-8-21/h2-14H,15-19H2,1H3,(H2,29,30,32). The molecule has 0 atom stereocenters. The molecule has 0 spiro atoms. The maximum atomic E-state index is 13.3. The summed E-state index contributed by atoms with van der Waals surface area (Å²) in [4.78, 5) is 12.4. The first-order valence-electron chi connectivity index (χ1n) is 11.5. The number of carbonyl (C=O) groups excluding carboxylic acids is 1. The predicted octanol–water partition coefficient (Wildman–Crippen LogP) is 4.45. The van der Waals surface area contributed by atoms with Gasteiger partial charge in [-0.05, 0) is 42.7 Å². The van der Waals surface area contributed by atoms with Crippen molar-refractivity contribution < 1.29 is 17.6 Å². The first kappa shape index (κ1) is 24.5. The fraction of sp³-hybridized carbons (Fsp3) is 0.222. The van der Waals surface area contributed by atoms with E-state index in [2.05, 4.69) is 10.6 Å². The SMILES string of the molecule is Cc1c(S(=O)(=O)CCNC(=O)NCCc2ccccc2)c2ccccc2n1Cc1ccc(F)cc1. The number of halogens is 1. The largest absolute Gasteiger partial charge is 0.339 e. The molecule has 0 saturated heterocycles. The van der Waals surface area contributed by atoms with Gasteiger partial charge in [-0.3, -0.25) is 0 Å². The van der Waals surface area contributed by atoms with Crippen LogP contribution in [0.2, 0.25) is 0 Å². The van der Waals surface area contributed by atoms with E-state index in [1.807, 2.05) is 53.1 Å². The summed E-state index contributed by atoms with van der Waals surface area (Å²) < 4.78 is 41.9. The number of aromatic nitrogens is 1. The maximum Gasteiger partial charge on any atom is 0.314 e. The minimum Gasteiger partial charge on any atom is -0.339 e. The first-order valence-corrected chi connectivity index (χ1v) is 13.1. The van der Waals surface area contributed by atoms with Crippen LogP contribution < -0.4 is 10.6 Å². The molecule has 0 radical (unpaired) electrons. The van der Waals surface area contributed by atoms with Crippen molar-refractivity contribution in [2.24, 2.45) is 0 Å². The molecule has 4 rings (SSSR count). The van der Waals surface area contributed by atoms with Crippen molar-refractivity contribution in [2.75, 3.05) is 18.8 Å². The highest BCUT2D eigenvalue weighted by molar-refractivity contribution is 7.91. The molecule has 1 heterocycles. The van der Waals surface area contributed by atoms with E-state index in [0.717, 1.165) is 16.6 Å². The van der Waals surface area contributed by atoms with Crippen LogP contribution in [-0.4, -0.2) is 37.9 Å². The number of para-hydroxylation sites is 1. The lowest BCUT2D eigenvalue weighted by molar-refractivity contribution is 0.241. The molecule has 2 amide bonds. The maximum absolute atomic E-state index is 13.3. The lowest BCUT2D eigenvalue weighted by Crippen LogP contribution is -2.38. The fourth-order valence-corrected chi connectivity index (χ4v) is 5.84. The Labute approximate surface area is 204 Å². The fourth-order valence-electron chi connectivity index (χ4n) is 4.20. The van der Waals surface area contributed by atoms with Gasteiger partial charge >= 0.3 is 6.03 Å². The topological polar surface area (TPSA) is 80.2 Å². The van der Waals surface area contributed by atoms with Gasteiger partial charge in [0.15, 0.2) is 9.84 Å². The van der Waals surface area contributed by atoms with Gasteiger partial charge in [0, 0.05) is 36.2 Å². The number of benzene rings is 3. The molecular weight excluding hydrogens is 465 g/mol. The Kier molecular flexibility index (Phi) is 7.51. The molecule has 182 valence electrons. The number of rotatable bonds is 9. The molecule has 0 aliphatic rings. The molecular formula is C27H28FN3O3S. The number of amides is 2. The number of hydrogen-bond donors (Lipinski definition) is 2. The minimum atomic E-state index is -3.68. The molecule has 3 aromatic carbocycles. The Balaban J connectivity index is 1.43. The Morgan fingerprint density at radius 2 is 1.51 bits per heavy atom. The predicted molar refractivity (Wildman–Crippen MR) is 136 cm³/mol. The van der Waals surface area contributed by atoms with Gasteiger partial charge in [0.05, 0.1) is 10.6 Å². The van der Waals surface area contributed by atoms with Gasteiger partial charge in [-0.25, -0.2) is 17.6 Å². The van der Waals surface area contributed by atoms with E-state index in [1.54, 1.807) is 25.1 Å². The van der Waals surface area contributed by atoms with Gasteiger partial charge in [-0.2, -0.15) is 0 Å². The molecule has 0 aliphatic heterocycles. The van der Waals surface area contributed by atoms with E-state index in [9.17, 15) is 17.6 Å². The molecule has 8 heteroatoms. The molecule has 0 saturated carbocycles. The van der Waals surface area contributed by atoms with Crippen LogP contribution in [0.25, 0.3) is 10.9 Å². The second kappa shape index (κ2) is 10.7. The number of hydrogen-bond acceptors (Lipinski definition) is 3. The Morgan fingerprint density at radius 1 is 0.857 bits per heavy atom. The lowest BCUT2D eigenvalue weighted by Gasteiger charge is -2.10. The van der Waals surface area contributed by atoms with Crippen molar-refractivity contribution in [1.82, 2.24) is 15.2 Å². The summed E-state index contributed by atoms with van der Waals surface area (Å²) >= 11 is 0.